The highest BCUT2D eigenvalue weighted by atomic mass is 16.6. The molecule has 0 N–H and O–H groups in total. The van der Waals surface area contributed by atoms with Gasteiger partial charge in [0.05, 0.1) is 17.1 Å². The number of carbonyl (C=O) groups is 2. The number of carbonyl (C=O) groups excluding carboxylic acids is 2. The molecule has 2 rings (SSSR count). The van der Waals surface area contributed by atoms with Gasteiger partial charge in [-0.05, 0) is 62.9 Å². The van der Waals surface area contributed by atoms with Gasteiger partial charge in [0, 0.05) is 19.2 Å². The summed E-state index contributed by atoms with van der Waals surface area (Å²) in [5.74, 6) is -0.219. The van der Waals surface area contributed by atoms with Crippen LogP contribution in [0.25, 0.3) is 0 Å². The van der Waals surface area contributed by atoms with Gasteiger partial charge < -0.3 is 9.64 Å². The molecule has 0 spiro atoms. The van der Waals surface area contributed by atoms with Gasteiger partial charge in [0.1, 0.15) is 0 Å². The second-order valence-corrected chi connectivity index (χ2v) is 6.92. The molecule has 0 aromatic heterocycles. The summed E-state index contributed by atoms with van der Waals surface area (Å²) in [6, 6.07) is 12.5. The lowest BCUT2D eigenvalue weighted by atomic mass is 10.1. The van der Waals surface area contributed by atoms with E-state index in [2.05, 4.69) is 0 Å². The molecule has 0 atom stereocenters. The van der Waals surface area contributed by atoms with Crippen molar-refractivity contribution in [2.24, 2.45) is 0 Å². The number of para-hydroxylation sites is 1. The number of amides is 1. The third-order valence-electron chi connectivity index (χ3n) is 4.59. The van der Waals surface area contributed by atoms with Crippen molar-refractivity contribution in [3.8, 4) is 5.75 Å². The number of aryl methyl sites for hydroxylation is 1. The Kier molecular flexibility index (Phi) is 7.88. The van der Waals surface area contributed by atoms with E-state index in [9.17, 15) is 19.7 Å². The first-order valence-electron chi connectivity index (χ1n) is 9.55. The fourth-order valence-corrected chi connectivity index (χ4v) is 3.01. The second kappa shape index (κ2) is 10.4. The molecule has 29 heavy (non-hydrogen) atoms. The molecule has 0 aliphatic rings. The van der Waals surface area contributed by atoms with E-state index in [0.29, 0.717) is 19.3 Å². The van der Waals surface area contributed by atoms with Crippen molar-refractivity contribution in [3.63, 3.8) is 0 Å². The average Bonchev–Trinajstić information content (AvgIpc) is 2.69. The molecule has 0 bridgehead atoms. The number of anilines is 1. The highest BCUT2D eigenvalue weighted by Gasteiger charge is 2.24. The number of nitro groups is 1. The molecule has 0 saturated heterocycles. The summed E-state index contributed by atoms with van der Waals surface area (Å²) < 4.78 is 5.60. The lowest BCUT2D eigenvalue weighted by Gasteiger charge is -2.17. The molecule has 1 amide bonds. The Morgan fingerprint density at radius 3 is 2.41 bits per heavy atom. The van der Waals surface area contributed by atoms with Gasteiger partial charge in [-0.2, -0.15) is 0 Å². The maximum absolute atomic E-state index is 12.2. The molecule has 2 aromatic carbocycles. The fraction of sp³-hybridized carbons (Fsp3) is 0.364. The Morgan fingerprint density at radius 2 is 1.79 bits per heavy atom. The Balaban J connectivity index is 1.83. The number of nitro benzene ring substituents is 1. The lowest BCUT2D eigenvalue weighted by molar-refractivity contribution is -0.386. The maximum Gasteiger partial charge on any atom is 0.321 e. The van der Waals surface area contributed by atoms with Gasteiger partial charge in [-0.15, -0.1) is 0 Å². The number of hydrogen-bond acceptors (Lipinski definition) is 5. The van der Waals surface area contributed by atoms with E-state index in [4.69, 9.17) is 4.74 Å². The number of Topliss-reactive ketones (excluding diaryl/α,β-unsaturated/α-hetero) is 1. The largest absolute Gasteiger partial charge is 0.487 e. The Bertz CT molecular complexity index is 880. The van der Waals surface area contributed by atoms with Crippen LogP contribution in [0.1, 0.15) is 48.5 Å². The van der Waals surface area contributed by atoms with E-state index < -0.39 is 4.92 Å². The monoisotopic (exact) mass is 398 g/mol. The SMILES string of the molecule is CC(=O)c1cc(C)cc(OCCCCCC(=O)N(C)c2ccccc2)c1[N+](=O)[O-]. The van der Waals surface area contributed by atoms with Gasteiger partial charge in [-0.25, -0.2) is 0 Å². The van der Waals surface area contributed by atoms with Crippen LogP contribution in [0, 0.1) is 17.0 Å². The highest BCUT2D eigenvalue weighted by Crippen LogP contribution is 2.33. The summed E-state index contributed by atoms with van der Waals surface area (Å²) in [6.45, 7) is 3.34. The number of ether oxygens (including phenoxy) is 1. The number of nitrogens with zero attached hydrogens (tertiary/aromatic N) is 2. The van der Waals surface area contributed by atoms with Gasteiger partial charge in [0.25, 0.3) is 0 Å². The number of ketones is 1. The highest BCUT2D eigenvalue weighted by molar-refractivity contribution is 5.99. The summed E-state index contributed by atoms with van der Waals surface area (Å²) in [7, 11) is 1.75. The van der Waals surface area contributed by atoms with Gasteiger partial charge in [-0.3, -0.25) is 19.7 Å². The van der Waals surface area contributed by atoms with Crippen LogP contribution in [-0.2, 0) is 4.79 Å². The quantitative estimate of drug-likeness (QED) is 0.250. The minimum atomic E-state index is -0.580. The molecule has 2 aromatic rings. The minimum absolute atomic E-state index is 0.0394. The number of rotatable bonds is 10. The van der Waals surface area contributed by atoms with Crippen LogP contribution in [0.4, 0.5) is 11.4 Å². The van der Waals surface area contributed by atoms with E-state index in [1.807, 2.05) is 30.3 Å². The molecule has 0 radical (unpaired) electrons. The molecule has 7 heteroatoms. The normalized spacial score (nSPS) is 10.4. The zero-order chi connectivity index (χ0) is 21.4. The predicted octanol–water partition coefficient (Wildman–Crippen LogP) is 4.71. The Hall–Kier alpha value is -3.22. The van der Waals surface area contributed by atoms with Crippen molar-refractivity contribution < 1.29 is 19.2 Å². The van der Waals surface area contributed by atoms with Crippen LogP contribution in [0.15, 0.2) is 42.5 Å². The molecular formula is C22H26N2O5. The van der Waals surface area contributed by atoms with Crippen LogP contribution in [-0.4, -0.2) is 30.3 Å². The van der Waals surface area contributed by atoms with E-state index >= 15 is 0 Å². The van der Waals surface area contributed by atoms with Crippen LogP contribution >= 0.6 is 0 Å². The van der Waals surface area contributed by atoms with Crippen molar-refractivity contribution >= 4 is 23.1 Å². The Labute approximate surface area is 170 Å². The summed E-state index contributed by atoms with van der Waals surface area (Å²) in [5.41, 5.74) is 1.35. The number of benzene rings is 2. The zero-order valence-corrected chi connectivity index (χ0v) is 17.0. The van der Waals surface area contributed by atoms with Crippen LogP contribution in [0.5, 0.6) is 5.75 Å². The van der Waals surface area contributed by atoms with Gasteiger partial charge in [-0.1, -0.05) is 18.2 Å². The number of unbranched alkanes of at least 4 members (excludes halogenated alkanes) is 2. The van der Waals surface area contributed by atoms with Gasteiger partial charge in [0.2, 0.25) is 5.91 Å². The first kappa shape index (κ1) is 22.1. The van der Waals surface area contributed by atoms with E-state index in [1.54, 1.807) is 24.9 Å². The minimum Gasteiger partial charge on any atom is -0.487 e. The molecule has 7 nitrogen and oxygen atoms in total. The third-order valence-corrected chi connectivity index (χ3v) is 4.59. The summed E-state index contributed by atoms with van der Waals surface area (Å²) in [6.07, 6.45) is 2.54. The number of hydrogen-bond donors (Lipinski definition) is 0. The van der Waals surface area contributed by atoms with Crippen LogP contribution in [0.2, 0.25) is 0 Å². The summed E-state index contributed by atoms with van der Waals surface area (Å²) in [5, 5.41) is 11.4. The predicted molar refractivity (Wildman–Crippen MR) is 112 cm³/mol. The van der Waals surface area contributed by atoms with Gasteiger partial charge in [0.15, 0.2) is 11.5 Å². The van der Waals surface area contributed by atoms with Crippen molar-refractivity contribution in [3.05, 3.63) is 63.7 Å². The smallest absolute Gasteiger partial charge is 0.321 e. The average molecular weight is 398 g/mol. The maximum atomic E-state index is 12.2. The molecule has 0 aliphatic carbocycles. The van der Waals surface area contributed by atoms with Crippen molar-refractivity contribution in [2.45, 2.75) is 39.5 Å². The molecule has 0 aliphatic heterocycles. The van der Waals surface area contributed by atoms with Crippen LogP contribution < -0.4 is 9.64 Å². The standard InChI is InChI=1S/C22H26N2O5/c1-16-14-19(17(2)25)22(24(27)28)20(15-16)29-13-9-5-8-12-21(26)23(3)18-10-6-4-7-11-18/h4,6-7,10-11,14-15H,5,8-9,12-13H2,1-3H3. The first-order valence-corrected chi connectivity index (χ1v) is 9.55. The van der Waals surface area contributed by atoms with Crippen LogP contribution in [0.3, 0.4) is 0 Å². The fourth-order valence-electron chi connectivity index (χ4n) is 3.01. The van der Waals surface area contributed by atoms with Crippen molar-refractivity contribution in [2.75, 3.05) is 18.6 Å². The van der Waals surface area contributed by atoms with Crippen molar-refractivity contribution in [1.82, 2.24) is 0 Å². The lowest BCUT2D eigenvalue weighted by Crippen LogP contribution is -2.25. The van der Waals surface area contributed by atoms with Gasteiger partial charge >= 0.3 is 5.69 Å². The molecule has 0 unspecified atom stereocenters. The summed E-state index contributed by atoms with van der Waals surface area (Å²) in [4.78, 5) is 36.4. The Morgan fingerprint density at radius 1 is 1.10 bits per heavy atom. The molecule has 0 heterocycles. The van der Waals surface area contributed by atoms with E-state index in [-0.39, 0.29) is 35.3 Å². The van der Waals surface area contributed by atoms with E-state index in [0.717, 1.165) is 17.7 Å². The molecule has 0 saturated carbocycles. The molecule has 154 valence electrons. The summed E-state index contributed by atoms with van der Waals surface area (Å²) >= 11 is 0. The second-order valence-electron chi connectivity index (χ2n) is 6.92. The topological polar surface area (TPSA) is 89.8 Å². The van der Waals surface area contributed by atoms with E-state index in [1.165, 1.54) is 13.0 Å². The molecular weight excluding hydrogens is 372 g/mol. The molecule has 0 fully saturated rings. The third kappa shape index (κ3) is 6.14. The zero-order valence-electron chi connectivity index (χ0n) is 17.0. The first-order chi connectivity index (χ1) is 13.8. The van der Waals surface area contributed by atoms with Crippen molar-refractivity contribution in [1.29, 1.82) is 0 Å².